The molecular formula is C38H42FN3O8S. The third-order valence-electron chi connectivity index (χ3n) is 9.65. The molecule has 3 aromatic rings. The average Bonchev–Trinajstić information content (AvgIpc) is 3.61. The summed E-state index contributed by atoms with van der Waals surface area (Å²) in [5.41, 5.74) is 3.15. The molecule has 3 aromatic carbocycles. The van der Waals surface area contributed by atoms with Crippen LogP contribution in [0.5, 0.6) is 11.5 Å². The molecule has 2 fully saturated rings. The monoisotopic (exact) mass is 719 g/mol. The first kappa shape index (κ1) is 36.2. The summed E-state index contributed by atoms with van der Waals surface area (Å²) in [6.07, 6.45) is 5.58. The van der Waals surface area contributed by atoms with E-state index in [0.717, 1.165) is 55.4 Å². The molecule has 0 radical (unpaired) electrons. The smallest absolute Gasteiger partial charge is 0.326 e. The summed E-state index contributed by atoms with van der Waals surface area (Å²) in [7, 11) is 0. The number of nitrogens with zero attached hydrogens (tertiary/aromatic N) is 1. The van der Waals surface area contributed by atoms with Crippen LogP contribution in [0.4, 0.5) is 10.1 Å². The molecule has 1 saturated heterocycles. The Kier molecular flexibility index (Phi) is 11.8. The van der Waals surface area contributed by atoms with Crippen LogP contribution in [0, 0.1) is 11.7 Å². The van der Waals surface area contributed by atoms with Gasteiger partial charge in [0.15, 0.2) is 6.61 Å². The molecule has 11 nitrogen and oxygen atoms in total. The van der Waals surface area contributed by atoms with E-state index in [1.807, 2.05) is 18.2 Å². The number of β-lactam (4-membered cyclic amide) rings is 1. The van der Waals surface area contributed by atoms with E-state index in [4.69, 9.17) is 9.47 Å². The Hall–Kier alpha value is -4.62. The molecule has 1 aliphatic carbocycles. The largest absolute Gasteiger partial charge is 0.493 e. The predicted octanol–water partition coefficient (Wildman–Crippen LogP) is 4.72. The molecule has 0 bridgehead atoms. The molecule has 2 heterocycles. The van der Waals surface area contributed by atoms with Crippen LogP contribution in [0.1, 0.15) is 67.4 Å². The van der Waals surface area contributed by atoms with Gasteiger partial charge in [-0.15, -0.1) is 11.8 Å². The highest BCUT2D eigenvalue weighted by Crippen LogP contribution is 2.46. The SMILES string of the molecule is O=C(COc1ccc([C@@H]2[C@@H](SC[C@H](O)c3ccc4c(c3)OCC4)C(=O)N2c2ccc(F)cc2)cc1)NCC(=O)NC(CC1CCCCC1)C(=O)O. The van der Waals surface area contributed by atoms with Gasteiger partial charge in [0, 0.05) is 17.9 Å². The lowest BCUT2D eigenvalue weighted by molar-refractivity contribution is -0.142. The van der Waals surface area contributed by atoms with Gasteiger partial charge in [0.05, 0.1) is 25.3 Å². The maximum Gasteiger partial charge on any atom is 0.326 e. The molecule has 0 spiro atoms. The first-order valence-corrected chi connectivity index (χ1v) is 18.4. The van der Waals surface area contributed by atoms with Crippen molar-refractivity contribution >= 4 is 41.1 Å². The molecule has 270 valence electrons. The number of aliphatic hydroxyl groups is 1. The highest BCUT2D eigenvalue weighted by molar-refractivity contribution is 8.00. The summed E-state index contributed by atoms with van der Waals surface area (Å²) in [6, 6.07) is 16.9. The predicted molar refractivity (Wildman–Crippen MR) is 189 cm³/mol. The maximum atomic E-state index is 13.7. The lowest BCUT2D eigenvalue weighted by atomic mass is 9.85. The fraction of sp³-hybridized carbons (Fsp3) is 0.421. The van der Waals surface area contributed by atoms with Crippen LogP contribution >= 0.6 is 11.8 Å². The Morgan fingerprint density at radius 1 is 1.00 bits per heavy atom. The molecule has 4 atom stereocenters. The van der Waals surface area contributed by atoms with Crippen molar-refractivity contribution in [2.75, 3.05) is 30.4 Å². The van der Waals surface area contributed by atoms with Crippen LogP contribution in [0.25, 0.3) is 0 Å². The number of carbonyl (C=O) groups is 4. The number of halogens is 1. The van der Waals surface area contributed by atoms with Crippen LogP contribution in [0.3, 0.4) is 0 Å². The second kappa shape index (κ2) is 16.6. The van der Waals surface area contributed by atoms with Crippen molar-refractivity contribution in [2.45, 2.75) is 68.4 Å². The van der Waals surface area contributed by atoms with Crippen LogP contribution in [0.2, 0.25) is 0 Å². The van der Waals surface area contributed by atoms with E-state index in [9.17, 15) is 33.8 Å². The number of hydrogen-bond donors (Lipinski definition) is 4. The van der Waals surface area contributed by atoms with Gasteiger partial charge < -0.3 is 35.2 Å². The first-order chi connectivity index (χ1) is 24.7. The van der Waals surface area contributed by atoms with Crippen molar-refractivity contribution in [3.05, 3.63) is 89.2 Å². The molecule has 0 aromatic heterocycles. The van der Waals surface area contributed by atoms with Gasteiger partial charge in [-0.3, -0.25) is 14.4 Å². The molecule has 4 N–H and O–H groups in total. The second-order valence-corrected chi connectivity index (χ2v) is 14.4. The van der Waals surface area contributed by atoms with Gasteiger partial charge >= 0.3 is 5.97 Å². The summed E-state index contributed by atoms with van der Waals surface area (Å²) in [4.78, 5) is 51.6. The minimum Gasteiger partial charge on any atom is -0.493 e. The van der Waals surface area contributed by atoms with E-state index in [1.165, 1.54) is 23.9 Å². The van der Waals surface area contributed by atoms with E-state index in [1.54, 1.807) is 41.3 Å². The maximum absolute atomic E-state index is 13.7. The van der Waals surface area contributed by atoms with Gasteiger partial charge in [0.25, 0.3) is 5.91 Å². The molecule has 13 heteroatoms. The fourth-order valence-corrected chi connectivity index (χ4v) is 8.18. The highest BCUT2D eigenvalue weighted by atomic mass is 32.2. The summed E-state index contributed by atoms with van der Waals surface area (Å²) in [5.74, 6) is -1.11. The standard InChI is InChI=1S/C38H42FN3O8S/c39-27-10-12-28(13-11-27)42-35(36(37(42)46)51-22-31(43)26-7-6-24-16-17-49-32(24)19-26)25-8-14-29(15-9-25)50-21-34(45)40-20-33(44)41-30(38(47)48)18-23-4-2-1-3-5-23/h6-15,19,23,30-31,35-36,43H,1-5,16-18,20-22H2,(H,40,45)(H,41,44)(H,47,48)/t30?,31-,35+,36+/m0/s1. The van der Waals surface area contributed by atoms with E-state index in [-0.39, 0.29) is 30.7 Å². The Labute approximate surface area is 299 Å². The van der Waals surface area contributed by atoms with Gasteiger partial charge in [0.2, 0.25) is 11.8 Å². The van der Waals surface area contributed by atoms with E-state index in [2.05, 4.69) is 10.6 Å². The van der Waals surface area contributed by atoms with Crippen LogP contribution < -0.4 is 25.0 Å². The van der Waals surface area contributed by atoms with Crippen LogP contribution in [-0.4, -0.2) is 70.7 Å². The molecule has 51 heavy (non-hydrogen) atoms. The molecule has 1 unspecified atom stereocenters. The topological polar surface area (TPSA) is 154 Å². The zero-order valence-corrected chi connectivity index (χ0v) is 28.9. The number of rotatable bonds is 15. The third-order valence-corrected chi connectivity index (χ3v) is 11.0. The number of nitrogens with one attached hydrogen (secondary N) is 2. The van der Waals surface area contributed by atoms with Gasteiger partial charge in [-0.1, -0.05) is 56.4 Å². The van der Waals surface area contributed by atoms with Crippen molar-refractivity contribution in [3.63, 3.8) is 0 Å². The van der Waals surface area contributed by atoms with Crippen molar-refractivity contribution in [1.29, 1.82) is 0 Å². The van der Waals surface area contributed by atoms with Crippen molar-refractivity contribution in [2.24, 2.45) is 5.92 Å². The number of aliphatic carboxylic acids is 1. The van der Waals surface area contributed by atoms with E-state index < -0.39 is 47.0 Å². The molecular weight excluding hydrogens is 677 g/mol. The zero-order chi connectivity index (χ0) is 35.9. The Bertz CT molecular complexity index is 1720. The first-order valence-electron chi connectivity index (χ1n) is 17.3. The number of amides is 3. The summed E-state index contributed by atoms with van der Waals surface area (Å²) < 4.78 is 25.0. The van der Waals surface area contributed by atoms with Gasteiger partial charge in [0.1, 0.15) is 28.6 Å². The number of aliphatic hydroxyl groups excluding tert-OH is 1. The summed E-state index contributed by atoms with van der Waals surface area (Å²) >= 11 is 1.35. The second-order valence-electron chi connectivity index (χ2n) is 13.2. The van der Waals surface area contributed by atoms with Crippen molar-refractivity contribution < 1.29 is 43.3 Å². The number of fused-ring (bicyclic) bond motifs is 1. The fourth-order valence-electron chi connectivity index (χ4n) is 6.88. The lowest BCUT2D eigenvalue weighted by Crippen LogP contribution is -2.57. The number of ether oxygens (including phenoxy) is 2. The zero-order valence-electron chi connectivity index (χ0n) is 28.1. The van der Waals surface area contributed by atoms with Crippen LogP contribution in [0.15, 0.2) is 66.7 Å². The minimum atomic E-state index is -1.09. The average molecular weight is 720 g/mol. The minimum absolute atomic E-state index is 0.161. The molecule has 1 saturated carbocycles. The van der Waals surface area contributed by atoms with Gasteiger partial charge in [-0.05, 0) is 71.5 Å². The number of anilines is 1. The number of thioether (sulfide) groups is 1. The molecule has 3 aliphatic rings. The summed E-state index contributed by atoms with van der Waals surface area (Å²) in [5, 5.41) is 25.0. The van der Waals surface area contributed by atoms with Crippen LogP contribution in [-0.2, 0) is 25.6 Å². The Balaban J connectivity index is 1.03. The molecule has 3 amide bonds. The lowest BCUT2D eigenvalue weighted by Gasteiger charge is -2.47. The van der Waals surface area contributed by atoms with Crippen molar-refractivity contribution in [1.82, 2.24) is 10.6 Å². The number of carboxylic acids is 1. The number of benzene rings is 3. The van der Waals surface area contributed by atoms with E-state index in [0.29, 0.717) is 30.0 Å². The van der Waals surface area contributed by atoms with E-state index >= 15 is 0 Å². The normalized spacial score (nSPS) is 19.6. The van der Waals surface area contributed by atoms with Gasteiger partial charge in [-0.25, -0.2) is 9.18 Å². The third kappa shape index (κ3) is 9.01. The quantitative estimate of drug-likeness (QED) is 0.164. The summed E-state index contributed by atoms with van der Waals surface area (Å²) in [6.45, 7) is -0.128. The molecule has 6 rings (SSSR count). The highest BCUT2D eigenvalue weighted by Gasteiger charge is 2.49. The van der Waals surface area contributed by atoms with Gasteiger partial charge in [-0.2, -0.15) is 0 Å². The Morgan fingerprint density at radius 2 is 1.75 bits per heavy atom. The number of carboxylic acid groups (broad SMARTS) is 1. The molecule has 2 aliphatic heterocycles. The number of hydrogen-bond acceptors (Lipinski definition) is 8. The Morgan fingerprint density at radius 3 is 2.47 bits per heavy atom. The number of carbonyl (C=O) groups excluding carboxylic acids is 3. The van der Waals surface area contributed by atoms with Crippen molar-refractivity contribution in [3.8, 4) is 11.5 Å².